The van der Waals surface area contributed by atoms with E-state index < -0.39 is 6.98 Å². The van der Waals surface area contributed by atoms with Crippen molar-refractivity contribution in [3.63, 3.8) is 0 Å². The van der Waals surface area contributed by atoms with Crippen LogP contribution in [0, 0.1) is 6.92 Å². The molecule has 5 rings (SSSR count). The first-order chi connectivity index (χ1) is 16.3. The number of H-pyrrole nitrogens is 1. The maximum atomic E-state index is 7.62. The van der Waals surface area contributed by atoms with Gasteiger partial charge in [0.1, 0.15) is 5.52 Å². The van der Waals surface area contributed by atoms with Crippen molar-refractivity contribution >= 4 is 22.8 Å². The monoisotopic (exact) mass is 421 g/mol. The first-order valence-electron chi connectivity index (χ1n) is 11.7. The van der Waals surface area contributed by atoms with E-state index in [-0.39, 0.29) is 6.04 Å². The molecule has 2 N–H and O–H groups in total. The third-order valence-corrected chi connectivity index (χ3v) is 5.59. The van der Waals surface area contributed by atoms with Crippen LogP contribution in [0.15, 0.2) is 36.7 Å². The van der Waals surface area contributed by atoms with Crippen LogP contribution in [0.3, 0.4) is 0 Å². The highest BCUT2D eigenvalue weighted by molar-refractivity contribution is 5.74. The molecule has 9 heteroatoms. The van der Waals surface area contributed by atoms with Crippen molar-refractivity contribution in [1.29, 1.82) is 0 Å². The van der Waals surface area contributed by atoms with E-state index in [9.17, 15) is 0 Å². The van der Waals surface area contributed by atoms with Crippen LogP contribution in [-0.2, 0) is 0 Å². The van der Waals surface area contributed by atoms with Gasteiger partial charge in [0.15, 0.2) is 17.3 Å². The Morgan fingerprint density at radius 2 is 2.06 bits per heavy atom. The smallest absolute Gasteiger partial charge is 0.222 e. The molecule has 0 aliphatic carbocycles. The summed E-state index contributed by atoms with van der Waals surface area (Å²) in [5.41, 5.74) is 4.01. The summed E-state index contributed by atoms with van der Waals surface area (Å²) in [6.45, 7) is 0.925. The lowest BCUT2D eigenvalue weighted by molar-refractivity contribution is 0.223. The van der Waals surface area contributed by atoms with Gasteiger partial charge in [-0.2, -0.15) is 5.10 Å². The molecule has 0 amide bonds. The number of methoxy groups -OCH3 is 1. The number of nitrogens with zero attached hydrogens (tertiary/aromatic N) is 6. The van der Waals surface area contributed by atoms with Crippen molar-refractivity contribution in [2.75, 3.05) is 32.5 Å². The van der Waals surface area contributed by atoms with Gasteiger partial charge in [0, 0.05) is 28.1 Å². The van der Waals surface area contributed by atoms with E-state index in [1.54, 1.807) is 18.2 Å². The Balaban J connectivity index is 1.35. The first-order valence-corrected chi connectivity index (χ1v) is 10.2. The zero-order valence-electron chi connectivity index (χ0n) is 20.5. The molecule has 1 fully saturated rings. The summed E-state index contributed by atoms with van der Waals surface area (Å²) in [5.74, 6) is 1.69. The predicted molar refractivity (Wildman–Crippen MR) is 120 cm³/mol. The van der Waals surface area contributed by atoms with Gasteiger partial charge >= 0.3 is 0 Å². The molecule has 0 atom stereocenters. The maximum absolute atomic E-state index is 7.62. The minimum Gasteiger partial charge on any atom is -0.480 e. The minimum atomic E-state index is -2.04. The summed E-state index contributed by atoms with van der Waals surface area (Å²) in [6.07, 6.45) is 5.15. The van der Waals surface area contributed by atoms with E-state index in [1.807, 2.05) is 37.4 Å². The fraction of sp³-hybridized carbons (Fsp3) is 0.364. The van der Waals surface area contributed by atoms with Crippen LogP contribution < -0.4 is 10.1 Å². The number of piperidine rings is 1. The van der Waals surface area contributed by atoms with E-state index >= 15 is 0 Å². The highest BCUT2D eigenvalue weighted by atomic mass is 16.5. The molecule has 1 aliphatic rings. The van der Waals surface area contributed by atoms with Crippen molar-refractivity contribution in [3.05, 3.63) is 42.4 Å². The fourth-order valence-corrected chi connectivity index (χ4v) is 3.97. The van der Waals surface area contributed by atoms with Gasteiger partial charge in [0.25, 0.3) is 0 Å². The number of anilines is 2. The van der Waals surface area contributed by atoms with Gasteiger partial charge in [0.2, 0.25) is 5.88 Å². The molecular weight excluding hydrogens is 392 g/mol. The standard InChI is InChI=1S/C22H26N8O/c1-14-4-5-16(22(24-14)31-3)18-12-19(28-27-18)25-20-13-23-17-8-11-30(21(17)26-20)15-6-9-29(2)10-7-15/h4-5,8,11-13,15H,6-7,9-10H2,1-3H3,(H2,25,26,27,28)/i2D3. The van der Waals surface area contributed by atoms with E-state index in [0.29, 0.717) is 30.6 Å². The largest absolute Gasteiger partial charge is 0.480 e. The molecule has 0 bridgehead atoms. The Hall–Kier alpha value is -3.46. The molecule has 0 aromatic carbocycles. The van der Waals surface area contributed by atoms with Crippen LogP contribution in [0.2, 0.25) is 0 Å². The van der Waals surface area contributed by atoms with Crippen molar-refractivity contribution in [2.24, 2.45) is 0 Å². The number of hydrogen-bond donors (Lipinski definition) is 2. The van der Waals surface area contributed by atoms with Crippen LogP contribution in [-0.4, -0.2) is 61.8 Å². The maximum Gasteiger partial charge on any atom is 0.222 e. The molecule has 31 heavy (non-hydrogen) atoms. The van der Waals surface area contributed by atoms with Crippen LogP contribution in [0.25, 0.3) is 22.4 Å². The van der Waals surface area contributed by atoms with Crippen LogP contribution >= 0.6 is 0 Å². The second-order valence-corrected chi connectivity index (χ2v) is 7.71. The minimum absolute atomic E-state index is 0.180. The first kappa shape index (κ1) is 16.3. The zero-order valence-corrected chi connectivity index (χ0v) is 17.5. The average molecular weight is 422 g/mol. The summed E-state index contributed by atoms with van der Waals surface area (Å²) in [7, 11) is 1.59. The van der Waals surface area contributed by atoms with Crippen molar-refractivity contribution in [1.82, 2.24) is 34.6 Å². The van der Waals surface area contributed by atoms with Gasteiger partial charge in [0.05, 0.1) is 24.6 Å². The number of likely N-dealkylation sites (tertiary alicyclic amines) is 1. The molecule has 0 radical (unpaired) electrons. The fourth-order valence-electron chi connectivity index (χ4n) is 3.97. The van der Waals surface area contributed by atoms with E-state index in [1.165, 1.54) is 0 Å². The molecule has 0 spiro atoms. The van der Waals surface area contributed by atoms with E-state index in [0.717, 1.165) is 41.0 Å². The van der Waals surface area contributed by atoms with E-state index in [4.69, 9.17) is 13.8 Å². The van der Waals surface area contributed by atoms with Crippen molar-refractivity contribution in [3.8, 4) is 17.1 Å². The number of pyridine rings is 1. The Morgan fingerprint density at radius 3 is 2.87 bits per heavy atom. The Kier molecular flexibility index (Phi) is 4.19. The van der Waals surface area contributed by atoms with Gasteiger partial charge in [-0.3, -0.25) is 5.10 Å². The highest BCUT2D eigenvalue weighted by Gasteiger charge is 2.20. The molecule has 9 nitrogen and oxygen atoms in total. The summed E-state index contributed by atoms with van der Waals surface area (Å²) < 4.78 is 30.4. The lowest BCUT2D eigenvalue weighted by Gasteiger charge is -2.30. The van der Waals surface area contributed by atoms with Crippen LogP contribution in [0.1, 0.15) is 28.7 Å². The number of rotatable bonds is 5. The summed E-state index contributed by atoms with van der Waals surface area (Å²) in [4.78, 5) is 15.3. The molecule has 4 aromatic heterocycles. The van der Waals surface area contributed by atoms with Crippen LogP contribution in [0.5, 0.6) is 5.88 Å². The molecular formula is C22H26N8O. The van der Waals surface area contributed by atoms with Crippen molar-refractivity contribution in [2.45, 2.75) is 25.8 Å². The zero-order chi connectivity index (χ0) is 23.9. The lowest BCUT2D eigenvalue weighted by atomic mass is 10.1. The van der Waals surface area contributed by atoms with Gasteiger partial charge in [-0.15, -0.1) is 0 Å². The summed E-state index contributed by atoms with van der Waals surface area (Å²) in [5, 5.41) is 10.6. The summed E-state index contributed by atoms with van der Waals surface area (Å²) >= 11 is 0. The number of aryl methyl sites for hydroxylation is 1. The molecule has 5 heterocycles. The number of ether oxygens (including phenoxy) is 1. The third-order valence-electron chi connectivity index (χ3n) is 5.59. The Bertz CT molecular complexity index is 1310. The molecule has 4 aromatic rings. The Morgan fingerprint density at radius 1 is 1.19 bits per heavy atom. The van der Waals surface area contributed by atoms with Gasteiger partial charge < -0.3 is 19.5 Å². The molecule has 1 aliphatic heterocycles. The SMILES string of the molecule is [2H]C([2H])([2H])N1CCC(n2ccc3ncc(Nc4cc(-c5ccc(C)nc5OC)[nH]n4)nc32)CC1. The molecule has 160 valence electrons. The van der Waals surface area contributed by atoms with E-state index in [2.05, 4.69) is 30.0 Å². The summed E-state index contributed by atoms with van der Waals surface area (Å²) in [6, 6.07) is 7.84. The second kappa shape index (κ2) is 7.99. The molecule has 0 saturated carbocycles. The number of hydrogen-bond acceptors (Lipinski definition) is 7. The van der Waals surface area contributed by atoms with Gasteiger partial charge in [-0.25, -0.2) is 15.0 Å². The van der Waals surface area contributed by atoms with Gasteiger partial charge in [-0.1, -0.05) is 0 Å². The Labute approximate surface area is 184 Å². The number of aromatic amines is 1. The second-order valence-electron chi connectivity index (χ2n) is 7.71. The van der Waals surface area contributed by atoms with Crippen LogP contribution in [0.4, 0.5) is 11.6 Å². The average Bonchev–Trinajstić information content (AvgIpc) is 3.45. The van der Waals surface area contributed by atoms with Crippen molar-refractivity contribution < 1.29 is 8.85 Å². The molecule has 0 unspecified atom stereocenters. The third kappa shape index (κ3) is 3.84. The quantitative estimate of drug-likeness (QED) is 0.509. The number of nitrogens with one attached hydrogen (secondary N) is 2. The molecule has 1 saturated heterocycles. The lowest BCUT2D eigenvalue weighted by Crippen LogP contribution is -2.31. The predicted octanol–water partition coefficient (Wildman–Crippen LogP) is 3.54. The number of aromatic nitrogens is 6. The number of fused-ring (bicyclic) bond motifs is 1. The normalized spacial score (nSPS) is 17.3. The topological polar surface area (TPSA) is 96.8 Å². The highest BCUT2D eigenvalue weighted by Crippen LogP contribution is 2.30. The van der Waals surface area contributed by atoms with Gasteiger partial charge in [-0.05, 0) is 58.0 Å².